The number of amides is 2. The minimum atomic E-state index is -3.56. The smallest absolute Gasteiger partial charge is 0.282 e. The van der Waals surface area contributed by atoms with Gasteiger partial charge in [0.05, 0.1) is 30.0 Å². The molecule has 0 bridgehead atoms. The van der Waals surface area contributed by atoms with Crippen LogP contribution in [0.5, 0.6) is 0 Å². The second-order valence-corrected chi connectivity index (χ2v) is 9.64. The number of nitrogens with zero attached hydrogens (tertiary/aromatic N) is 3. The highest BCUT2D eigenvalue weighted by molar-refractivity contribution is 7.86. The first kappa shape index (κ1) is 22.6. The number of carbonyl (C=O) groups is 2. The van der Waals surface area contributed by atoms with Crippen molar-refractivity contribution in [3.63, 3.8) is 0 Å². The van der Waals surface area contributed by atoms with Crippen molar-refractivity contribution in [2.75, 3.05) is 51.1 Å². The van der Waals surface area contributed by atoms with Gasteiger partial charge in [-0.15, -0.1) is 0 Å². The zero-order valence-corrected chi connectivity index (χ0v) is 18.1. The fraction of sp³-hybridized carbons (Fsp3) is 0.579. The van der Waals surface area contributed by atoms with Gasteiger partial charge in [-0.1, -0.05) is 12.1 Å². The van der Waals surface area contributed by atoms with Gasteiger partial charge in [0.15, 0.2) is 0 Å². The second kappa shape index (κ2) is 9.40. The Morgan fingerprint density at radius 2 is 1.67 bits per heavy atom. The summed E-state index contributed by atoms with van der Waals surface area (Å²) in [6.45, 7) is 6.03. The number of para-hydroxylation sites is 1. The molecule has 2 saturated heterocycles. The number of hydrogen-bond donors (Lipinski definition) is 2. The van der Waals surface area contributed by atoms with Gasteiger partial charge in [-0.05, 0) is 26.0 Å². The Balaban J connectivity index is 1.53. The normalized spacial score (nSPS) is 24.5. The molecule has 3 rings (SSSR count). The summed E-state index contributed by atoms with van der Waals surface area (Å²) in [6.07, 6.45) is -0.284. The average Bonchev–Trinajstić information content (AvgIpc) is 2.68. The van der Waals surface area contributed by atoms with E-state index in [-0.39, 0.29) is 30.2 Å². The van der Waals surface area contributed by atoms with Crippen molar-refractivity contribution in [2.45, 2.75) is 26.1 Å². The summed E-state index contributed by atoms with van der Waals surface area (Å²) >= 11 is 0. The molecule has 1 aromatic rings. The summed E-state index contributed by atoms with van der Waals surface area (Å²) in [5.41, 5.74) is 5.95. The van der Waals surface area contributed by atoms with E-state index in [2.05, 4.69) is 5.32 Å². The second-order valence-electron chi connectivity index (χ2n) is 7.72. The molecular weight excluding hydrogens is 410 g/mol. The van der Waals surface area contributed by atoms with Gasteiger partial charge in [0, 0.05) is 39.3 Å². The van der Waals surface area contributed by atoms with E-state index in [1.807, 2.05) is 18.7 Å². The van der Waals surface area contributed by atoms with Gasteiger partial charge in [0.25, 0.3) is 16.1 Å². The fourth-order valence-electron chi connectivity index (χ4n) is 3.80. The lowest BCUT2D eigenvalue weighted by atomic mass is 10.1. The predicted octanol–water partition coefficient (Wildman–Crippen LogP) is -0.304. The molecule has 10 nitrogen and oxygen atoms in total. The number of rotatable bonds is 6. The molecule has 0 saturated carbocycles. The van der Waals surface area contributed by atoms with E-state index in [0.717, 1.165) is 0 Å². The number of piperazine rings is 1. The highest BCUT2D eigenvalue weighted by Gasteiger charge is 2.36. The average molecular weight is 440 g/mol. The number of morpholine rings is 1. The van der Waals surface area contributed by atoms with Crippen LogP contribution in [-0.4, -0.2) is 91.8 Å². The Morgan fingerprint density at radius 3 is 2.27 bits per heavy atom. The minimum Gasteiger partial charge on any atom is -0.373 e. The Bertz CT molecular complexity index is 875. The summed E-state index contributed by atoms with van der Waals surface area (Å²) in [7, 11) is -3.56. The number of anilines is 1. The van der Waals surface area contributed by atoms with Gasteiger partial charge >= 0.3 is 0 Å². The molecule has 2 aliphatic rings. The number of nitrogens with one attached hydrogen (secondary N) is 1. The maximum atomic E-state index is 13.0. The zero-order chi connectivity index (χ0) is 21.9. The molecule has 2 amide bonds. The monoisotopic (exact) mass is 439 g/mol. The lowest BCUT2D eigenvalue weighted by molar-refractivity contribution is -0.117. The van der Waals surface area contributed by atoms with Crippen molar-refractivity contribution in [2.24, 2.45) is 5.73 Å². The van der Waals surface area contributed by atoms with E-state index in [1.165, 1.54) is 8.61 Å². The molecule has 1 aromatic carbocycles. The highest BCUT2D eigenvalue weighted by atomic mass is 32.2. The van der Waals surface area contributed by atoms with Crippen LogP contribution >= 0.6 is 0 Å². The predicted molar refractivity (Wildman–Crippen MR) is 112 cm³/mol. The van der Waals surface area contributed by atoms with E-state index < -0.39 is 16.1 Å². The molecule has 30 heavy (non-hydrogen) atoms. The third-order valence-corrected chi connectivity index (χ3v) is 7.17. The molecule has 2 aliphatic heterocycles. The SMILES string of the molecule is CC1CN(S(=O)(=O)N2CCN(CC(=O)Nc3ccccc3C(N)=O)CC2)CC(C)O1. The topological polar surface area (TPSA) is 125 Å². The van der Waals surface area contributed by atoms with Crippen molar-refractivity contribution in [3.05, 3.63) is 29.8 Å². The van der Waals surface area contributed by atoms with Gasteiger partial charge in [-0.2, -0.15) is 17.0 Å². The number of nitrogens with two attached hydrogens (primary N) is 1. The Hall–Kier alpha value is -2.05. The van der Waals surface area contributed by atoms with Gasteiger partial charge in [-0.25, -0.2) is 0 Å². The molecular formula is C19H29N5O5S. The Labute approximate surface area is 177 Å². The highest BCUT2D eigenvalue weighted by Crippen LogP contribution is 2.19. The van der Waals surface area contributed by atoms with Crippen molar-refractivity contribution in [3.8, 4) is 0 Å². The van der Waals surface area contributed by atoms with Crippen LogP contribution in [-0.2, 0) is 19.7 Å². The molecule has 2 atom stereocenters. The van der Waals surface area contributed by atoms with Gasteiger partial charge in [0.2, 0.25) is 5.91 Å². The van der Waals surface area contributed by atoms with Crippen molar-refractivity contribution in [1.29, 1.82) is 0 Å². The molecule has 2 unspecified atom stereocenters. The van der Waals surface area contributed by atoms with Gasteiger partial charge < -0.3 is 15.8 Å². The standard InChI is InChI=1S/C19H29N5O5S/c1-14-11-24(12-15(2)29-14)30(27,28)23-9-7-22(8-10-23)13-18(25)21-17-6-4-3-5-16(17)19(20)26/h3-6,14-15H,7-13H2,1-2H3,(H2,20,26)(H,21,25). The number of ether oxygens (including phenoxy) is 1. The van der Waals surface area contributed by atoms with E-state index in [4.69, 9.17) is 10.5 Å². The summed E-state index contributed by atoms with van der Waals surface area (Å²) in [6, 6.07) is 6.55. The van der Waals surface area contributed by atoms with Crippen LogP contribution in [0.3, 0.4) is 0 Å². The van der Waals surface area contributed by atoms with Crippen LogP contribution in [0.1, 0.15) is 24.2 Å². The number of benzene rings is 1. The van der Waals surface area contributed by atoms with Crippen molar-refractivity contribution in [1.82, 2.24) is 13.5 Å². The van der Waals surface area contributed by atoms with Gasteiger partial charge in [0.1, 0.15) is 0 Å². The molecule has 0 aliphatic carbocycles. The third-order valence-electron chi connectivity index (χ3n) is 5.20. The van der Waals surface area contributed by atoms with E-state index >= 15 is 0 Å². The van der Waals surface area contributed by atoms with E-state index in [9.17, 15) is 18.0 Å². The summed E-state index contributed by atoms with van der Waals surface area (Å²) in [5, 5.41) is 2.71. The summed E-state index contributed by atoms with van der Waals surface area (Å²) < 4.78 is 34.5. The molecule has 11 heteroatoms. The zero-order valence-electron chi connectivity index (χ0n) is 17.3. The van der Waals surface area contributed by atoms with Crippen LogP contribution in [0.2, 0.25) is 0 Å². The van der Waals surface area contributed by atoms with Gasteiger partial charge in [-0.3, -0.25) is 14.5 Å². The summed E-state index contributed by atoms with van der Waals surface area (Å²) in [4.78, 5) is 25.8. The Morgan fingerprint density at radius 1 is 1.07 bits per heavy atom. The third kappa shape index (κ3) is 5.35. The lowest BCUT2D eigenvalue weighted by Gasteiger charge is -2.40. The number of primary amides is 1. The maximum absolute atomic E-state index is 13.0. The van der Waals surface area contributed by atoms with Crippen molar-refractivity contribution >= 4 is 27.7 Å². The number of carbonyl (C=O) groups excluding carboxylic acids is 2. The molecule has 3 N–H and O–H groups in total. The largest absolute Gasteiger partial charge is 0.373 e. The fourth-order valence-corrected chi connectivity index (χ4v) is 5.55. The maximum Gasteiger partial charge on any atom is 0.282 e. The van der Waals surface area contributed by atoms with Crippen LogP contribution in [0, 0.1) is 0 Å². The van der Waals surface area contributed by atoms with Crippen LogP contribution < -0.4 is 11.1 Å². The summed E-state index contributed by atoms with van der Waals surface area (Å²) in [5.74, 6) is -0.896. The molecule has 2 fully saturated rings. The van der Waals surface area contributed by atoms with Crippen molar-refractivity contribution < 1.29 is 22.7 Å². The van der Waals surface area contributed by atoms with Crippen LogP contribution in [0.15, 0.2) is 24.3 Å². The first-order chi connectivity index (χ1) is 14.2. The number of hydrogen-bond acceptors (Lipinski definition) is 6. The molecule has 166 valence electrons. The first-order valence-electron chi connectivity index (χ1n) is 9.98. The van der Waals surface area contributed by atoms with E-state index in [1.54, 1.807) is 24.3 Å². The minimum absolute atomic E-state index is 0.104. The molecule has 0 spiro atoms. The first-order valence-corrected chi connectivity index (χ1v) is 11.4. The molecule has 0 radical (unpaired) electrons. The molecule has 2 heterocycles. The molecule has 0 aromatic heterocycles. The quantitative estimate of drug-likeness (QED) is 0.627. The van der Waals surface area contributed by atoms with Crippen LogP contribution in [0.4, 0.5) is 5.69 Å². The van der Waals surface area contributed by atoms with E-state index in [0.29, 0.717) is 45.0 Å². The Kier molecular flexibility index (Phi) is 7.09. The van der Waals surface area contributed by atoms with Crippen LogP contribution in [0.25, 0.3) is 0 Å². The lowest BCUT2D eigenvalue weighted by Crippen LogP contribution is -2.57.